The SMILES string of the molecule is O=C1C(=Cc2ccc(-c3ccc([N+](=O)[O-])cc3)o2)SC(=Nc2ncc(Cc3cccc([N+](=O)[O-])c3)s2)N1c1ccccc1. The number of nitro groups is 2. The largest absolute Gasteiger partial charge is 0.457 e. The molecule has 3 aromatic carbocycles. The van der Waals surface area contributed by atoms with E-state index in [2.05, 4.69) is 4.98 Å². The number of aromatic nitrogens is 1. The maximum absolute atomic E-state index is 13.6. The van der Waals surface area contributed by atoms with Crippen molar-refractivity contribution >= 4 is 62.4 Å². The lowest BCUT2D eigenvalue weighted by molar-refractivity contribution is -0.385. The van der Waals surface area contributed by atoms with Gasteiger partial charge in [0.1, 0.15) is 11.5 Å². The summed E-state index contributed by atoms with van der Waals surface area (Å²) in [6, 6.07) is 25.1. The van der Waals surface area contributed by atoms with Crippen LogP contribution in [0.2, 0.25) is 0 Å². The minimum atomic E-state index is -0.466. The number of benzene rings is 3. The molecule has 13 heteroatoms. The predicted molar refractivity (Wildman–Crippen MR) is 165 cm³/mol. The number of nitro benzene ring substituents is 2. The van der Waals surface area contributed by atoms with Crippen LogP contribution in [0.3, 0.4) is 0 Å². The topological polar surface area (TPSA) is 145 Å². The van der Waals surface area contributed by atoms with Crippen molar-refractivity contribution < 1.29 is 19.1 Å². The molecule has 212 valence electrons. The smallest absolute Gasteiger partial charge is 0.271 e. The number of amidine groups is 1. The maximum Gasteiger partial charge on any atom is 0.271 e. The number of non-ortho nitro benzene ring substituents is 2. The van der Waals surface area contributed by atoms with Crippen LogP contribution in [0.5, 0.6) is 0 Å². The van der Waals surface area contributed by atoms with Crippen LogP contribution in [-0.4, -0.2) is 25.9 Å². The number of aliphatic imine (C=N–C) groups is 1. The van der Waals surface area contributed by atoms with Crippen molar-refractivity contribution in [2.75, 3.05) is 4.90 Å². The highest BCUT2D eigenvalue weighted by Gasteiger charge is 2.35. The van der Waals surface area contributed by atoms with Gasteiger partial charge in [-0.25, -0.2) is 4.98 Å². The number of hydrogen-bond donors (Lipinski definition) is 0. The second-order valence-corrected chi connectivity index (χ2v) is 11.3. The highest BCUT2D eigenvalue weighted by atomic mass is 32.2. The van der Waals surface area contributed by atoms with E-state index in [1.54, 1.807) is 42.6 Å². The Balaban J connectivity index is 1.27. The number of amides is 1. The maximum atomic E-state index is 13.6. The molecule has 0 unspecified atom stereocenters. The lowest BCUT2D eigenvalue weighted by Gasteiger charge is -2.14. The Morgan fingerprint density at radius 3 is 2.42 bits per heavy atom. The van der Waals surface area contributed by atoms with Gasteiger partial charge in [-0.2, -0.15) is 4.99 Å². The van der Waals surface area contributed by atoms with Crippen molar-refractivity contribution in [1.29, 1.82) is 0 Å². The van der Waals surface area contributed by atoms with Crippen LogP contribution in [0.25, 0.3) is 17.4 Å². The molecule has 1 amide bonds. The lowest BCUT2D eigenvalue weighted by atomic mass is 10.1. The second-order valence-electron chi connectivity index (χ2n) is 9.20. The normalized spacial score (nSPS) is 15.0. The van der Waals surface area contributed by atoms with Crippen molar-refractivity contribution in [3.05, 3.63) is 139 Å². The molecule has 0 aliphatic carbocycles. The zero-order chi connectivity index (χ0) is 29.9. The highest BCUT2D eigenvalue weighted by molar-refractivity contribution is 8.19. The van der Waals surface area contributed by atoms with E-state index in [4.69, 9.17) is 9.41 Å². The molecule has 1 saturated heterocycles. The standard InChI is InChI=1S/C30H19N5O6S2/c36-28-27(17-24-13-14-26(41-24)20-9-11-22(12-10-20)34(37)38)43-30(33(28)21-6-2-1-3-7-21)32-29-31-18-25(42-29)16-19-5-4-8-23(15-19)35(39)40/h1-15,17-18H,16H2. The van der Waals surface area contributed by atoms with Crippen molar-refractivity contribution in [1.82, 2.24) is 4.98 Å². The van der Waals surface area contributed by atoms with Gasteiger partial charge < -0.3 is 4.42 Å². The number of nitrogens with zero attached hydrogens (tertiary/aromatic N) is 5. The van der Waals surface area contributed by atoms with Crippen LogP contribution < -0.4 is 4.90 Å². The third kappa shape index (κ3) is 6.12. The van der Waals surface area contributed by atoms with Crippen molar-refractivity contribution in [2.24, 2.45) is 4.99 Å². The summed E-state index contributed by atoms with van der Waals surface area (Å²) in [6.07, 6.45) is 3.77. The van der Waals surface area contributed by atoms with Gasteiger partial charge in [-0.15, -0.1) is 0 Å². The van der Waals surface area contributed by atoms with E-state index in [1.165, 1.54) is 52.3 Å². The average Bonchev–Trinajstić information content (AvgIpc) is 3.73. The quantitative estimate of drug-likeness (QED) is 0.0992. The Hall–Kier alpha value is -5.40. The van der Waals surface area contributed by atoms with E-state index in [1.807, 2.05) is 36.4 Å². The van der Waals surface area contributed by atoms with Crippen LogP contribution >= 0.6 is 23.1 Å². The molecular formula is C30H19N5O6S2. The van der Waals surface area contributed by atoms with Crippen LogP contribution in [0, 0.1) is 20.2 Å². The number of carbonyl (C=O) groups is 1. The van der Waals surface area contributed by atoms with E-state index in [9.17, 15) is 25.0 Å². The van der Waals surface area contributed by atoms with E-state index < -0.39 is 9.85 Å². The van der Waals surface area contributed by atoms with E-state index >= 15 is 0 Å². The highest BCUT2D eigenvalue weighted by Crippen LogP contribution is 2.38. The summed E-state index contributed by atoms with van der Waals surface area (Å²) < 4.78 is 5.94. The Morgan fingerprint density at radius 1 is 0.907 bits per heavy atom. The Morgan fingerprint density at radius 2 is 1.67 bits per heavy atom. The van der Waals surface area contributed by atoms with Gasteiger partial charge in [-0.05, 0) is 53.7 Å². The first kappa shape index (κ1) is 27.8. The van der Waals surface area contributed by atoms with Gasteiger partial charge in [0.05, 0.1) is 20.4 Å². The van der Waals surface area contributed by atoms with Gasteiger partial charge in [0.25, 0.3) is 17.3 Å². The number of thiazole rings is 1. The van der Waals surface area contributed by atoms with Gasteiger partial charge in [-0.1, -0.05) is 41.7 Å². The molecule has 1 aliphatic rings. The minimum Gasteiger partial charge on any atom is -0.457 e. The summed E-state index contributed by atoms with van der Waals surface area (Å²) >= 11 is 2.52. The Labute approximate surface area is 252 Å². The van der Waals surface area contributed by atoms with E-state index in [0.717, 1.165) is 10.4 Å². The summed E-state index contributed by atoms with van der Waals surface area (Å²) in [4.78, 5) is 46.7. The van der Waals surface area contributed by atoms with Crippen molar-refractivity contribution in [3.63, 3.8) is 0 Å². The first-order valence-corrected chi connectivity index (χ1v) is 14.4. The molecular weight excluding hydrogens is 590 g/mol. The molecule has 43 heavy (non-hydrogen) atoms. The first-order chi connectivity index (χ1) is 20.8. The molecule has 1 aliphatic heterocycles. The predicted octanol–water partition coefficient (Wildman–Crippen LogP) is 7.62. The molecule has 6 rings (SSSR count). The fourth-order valence-electron chi connectivity index (χ4n) is 4.31. The molecule has 3 heterocycles. The molecule has 5 aromatic rings. The number of rotatable bonds is 8. The lowest BCUT2D eigenvalue weighted by Crippen LogP contribution is -2.28. The van der Waals surface area contributed by atoms with Crippen LogP contribution in [0.15, 0.2) is 112 Å². The summed E-state index contributed by atoms with van der Waals surface area (Å²) in [5, 5.41) is 22.9. The number of furan rings is 1. The molecule has 1 fully saturated rings. The zero-order valence-electron chi connectivity index (χ0n) is 22.0. The molecule has 0 atom stereocenters. The number of para-hydroxylation sites is 1. The number of carbonyl (C=O) groups excluding carboxylic acids is 1. The van der Waals surface area contributed by atoms with Gasteiger partial charge in [0, 0.05) is 53.4 Å². The minimum absolute atomic E-state index is 0.0187. The summed E-state index contributed by atoms with van der Waals surface area (Å²) in [6.45, 7) is 0. The van der Waals surface area contributed by atoms with Crippen LogP contribution in [0.4, 0.5) is 22.2 Å². The van der Waals surface area contributed by atoms with Gasteiger partial charge >= 0.3 is 0 Å². The van der Waals surface area contributed by atoms with Crippen LogP contribution in [0.1, 0.15) is 16.2 Å². The monoisotopic (exact) mass is 609 g/mol. The fraction of sp³-hybridized carbons (Fsp3) is 0.0333. The summed E-state index contributed by atoms with van der Waals surface area (Å²) in [5.41, 5.74) is 2.09. The van der Waals surface area contributed by atoms with E-state index in [0.29, 0.717) is 44.4 Å². The molecule has 0 radical (unpaired) electrons. The third-order valence-corrected chi connectivity index (χ3v) is 8.18. The molecule has 0 bridgehead atoms. The average molecular weight is 610 g/mol. The second kappa shape index (κ2) is 11.8. The third-order valence-electron chi connectivity index (χ3n) is 6.32. The number of thioether (sulfide) groups is 1. The van der Waals surface area contributed by atoms with Gasteiger partial charge in [0.2, 0.25) is 5.13 Å². The molecule has 2 aromatic heterocycles. The van der Waals surface area contributed by atoms with Crippen molar-refractivity contribution in [2.45, 2.75) is 6.42 Å². The Bertz CT molecular complexity index is 1910. The number of hydrogen-bond acceptors (Lipinski definition) is 10. The Kier molecular flexibility index (Phi) is 7.64. The summed E-state index contributed by atoms with van der Waals surface area (Å²) in [5.74, 6) is 0.661. The van der Waals surface area contributed by atoms with Crippen molar-refractivity contribution in [3.8, 4) is 11.3 Å². The van der Waals surface area contributed by atoms with E-state index in [-0.39, 0.29) is 17.3 Å². The zero-order valence-corrected chi connectivity index (χ0v) is 23.7. The molecule has 0 N–H and O–H groups in total. The summed E-state index contributed by atoms with van der Waals surface area (Å²) in [7, 11) is 0. The van der Waals surface area contributed by atoms with Gasteiger partial charge in [-0.3, -0.25) is 29.9 Å². The molecule has 0 spiro atoms. The fourth-order valence-corrected chi connectivity index (χ4v) is 6.15. The first-order valence-electron chi connectivity index (χ1n) is 12.7. The molecule has 0 saturated carbocycles. The van der Waals surface area contributed by atoms with Gasteiger partial charge in [0.15, 0.2) is 5.17 Å². The number of anilines is 1. The van der Waals surface area contributed by atoms with Crippen LogP contribution in [-0.2, 0) is 11.2 Å². The molecule has 11 nitrogen and oxygen atoms in total.